The number of amides is 1. The summed E-state index contributed by atoms with van der Waals surface area (Å²) in [5.74, 6) is 0.223. The van der Waals surface area contributed by atoms with E-state index in [1.165, 1.54) is 7.11 Å². The zero-order valence-corrected chi connectivity index (χ0v) is 12.2. The van der Waals surface area contributed by atoms with Crippen LogP contribution in [0, 0.1) is 0 Å². The van der Waals surface area contributed by atoms with Crippen molar-refractivity contribution in [3.05, 3.63) is 41.5 Å². The van der Waals surface area contributed by atoms with E-state index in [4.69, 9.17) is 9.47 Å². The van der Waals surface area contributed by atoms with Crippen LogP contribution >= 0.6 is 0 Å². The number of benzene rings is 1. The molecule has 112 valence electrons. The van der Waals surface area contributed by atoms with Crippen molar-refractivity contribution in [3.63, 3.8) is 0 Å². The Hall–Kier alpha value is -2.30. The first-order valence-corrected chi connectivity index (χ1v) is 6.88. The van der Waals surface area contributed by atoms with E-state index in [-0.39, 0.29) is 17.9 Å². The quantitative estimate of drug-likeness (QED) is 0.862. The third-order valence-corrected chi connectivity index (χ3v) is 3.48. The molecule has 5 heteroatoms. The van der Waals surface area contributed by atoms with E-state index in [0.29, 0.717) is 23.3 Å². The molecule has 1 amide bonds. The van der Waals surface area contributed by atoms with Gasteiger partial charge >= 0.3 is 5.97 Å². The van der Waals surface area contributed by atoms with Gasteiger partial charge in [0.2, 0.25) is 0 Å². The molecule has 1 aromatic carbocycles. The van der Waals surface area contributed by atoms with Crippen molar-refractivity contribution >= 4 is 11.9 Å². The van der Waals surface area contributed by atoms with Gasteiger partial charge in [-0.05, 0) is 43.5 Å². The number of hydrogen-bond acceptors (Lipinski definition) is 4. The number of esters is 1. The fraction of sp³-hybridized carbons (Fsp3) is 0.375. The lowest BCUT2D eigenvalue weighted by molar-refractivity contribution is -0.136. The Morgan fingerprint density at radius 3 is 2.52 bits per heavy atom. The number of carbonyl (C=O) groups excluding carboxylic acids is 2. The summed E-state index contributed by atoms with van der Waals surface area (Å²) in [4.78, 5) is 23.7. The average molecular weight is 289 g/mol. The lowest BCUT2D eigenvalue weighted by Crippen LogP contribution is -2.35. The van der Waals surface area contributed by atoms with Crippen molar-refractivity contribution < 1.29 is 19.1 Å². The van der Waals surface area contributed by atoms with Crippen LogP contribution in [0.4, 0.5) is 0 Å². The zero-order valence-electron chi connectivity index (χ0n) is 12.2. The minimum atomic E-state index is -0.321. The summed E-state index contributed by atoms with van der Waals surface area (Å²) >= 11 is 0. The van der Waals surface area contributed by atoms with Crippen LogP contribution in [0.25, 0.3) is 0 Å². The van der Waals surface area contributed by atoms with Gasteiger partial charge < -0.3 is 14.8 Å². The molecule has 1 atom stereocenters. The van der Waals surface area contributed by atoms with E-state index in [1.807, 2.05) is 0 Å². The SMILES string of the molecule is COC(=O)C1=CC(NC(=O)c2ccc(OC)cc2)CCC1. The molecule has 0 heterocycles. The smallest absolute Gasteiger partial charge is 0.333 e. The second-order valence-electron chi connectivity index (χ2n) is 4.88. The van der Waals surface area contributed by atoms with Crippen molar-refractivity contribution in [2.45, 2.75) is 25.3 Å². The second-order valence-corrected chi connectivity index (χ2v) is 4.88. The molecule has 1 aromatic rings. The van der Waals surface area contributed by atoms with E-state index >= 15 is 0 Å². The van der Waals surface area contributed by atoms with E-state index in [1.54, 1.807) is 37.5 Å². The minimum Gasteiger partial charge on any atom is -0.497 e. The standard InChI is InChI=1S/C16H19NO4/c1-20-14-8-6-11(7-9-14)15(18)17-13-5-3-4-12(10-13)16(19)21-2/h6-10,13H,3-5H2,1-2H3,(H,17,18). The molecule has 1 aliphatic carbocycles. The number of hydrogen-bond donors (Lipinski definition) is 1. The van der Waals surface area contributed by atoms with Crippen molar-refractivity contribution in [1.29, 1.82) is 0 Å². The highest BCUT2D eigenvalue weighted by Crippen LogP contribution is 2.19. The highest BCUT2D eigenvalue weighted by atomic mass is 16.5. The fourth-order valence-corrected chi connectivity index (χ4v) is 2.33. The highest BCUT2D eigenvalue weighted by Gasteiger charge is 2.20. The van der Waals surface area contributed by atoms with Gasteiger partial charge in [0.1, 0.15) is 5.75 Å². The molecule has 0 bridgehead atoms. The number of ether oxygens (including phenoxy) is 2. The summed E-state index contributed by atoms with van der Waals surface area (Å²) in [6.45, 7) is 0. The minimum absolute atomic E-state index is 0.137. The predicted octanol–water partition coefficient (Wildman–Crippen LogP) is 2.08. The molecule has 0 saturated heterocycles. The van der Waals surface area contributed by atoms with Crippen molar-refractivity contribution in [2.75, 3.05) is 14.2 Å². The van der Waals surface area contributed by atoms with Gasteiger partial charge in [0.25, 0.3) is 5.91 Å². The molecule has 0 radical (unpaired) electrons. The van der Waals surface area contributed by atoms with Crippen LogP contribution in [0.2, 0.25) is 0 Å². The van der Waals surface area contributed by atoms with Crippen LogP contribution in [0.1, 0.15) is 29.6 Å². The first-order valence-electron chi connectivity index (χ1n) is 6.88. The maximum absolute atomic E-state index is 12.2. The Morgan fingerprint density at radius 1 is 1.19 bits per heavy atom. The molecular weight excluding hydrogens is 270 g/mol. The summed E-state index contributed by atoms with van der Waals surface area (Å²) in [5.41, 5.74) is 1.19. The van der Waals surface area contributed by atoms with Crippen molar-refractivity contribution in [1.82, 2.24) is 5.32 Å². The van der Waals surface area contributed by atoms with Gasteiger partial charge in [0.15, 0.2) is 0 Å². The van der Waals surface area contributed by atoms with Crippen LogP contribution in [0.15, 0.2) is 35.9 Å². The third kappa shape index (κ3) is 3.84. The van der Waals surface area contributed by atoms with Gasteiger partial charge in [-0.2, -0.15) is 0 Å². The normalized spacial score (nSPS) is 17.6. The van der Waals surface area contributed by atoms with Crippen LogP contribution in [-0.2, 0) is 9.53 Å². The lowest BCUT2D eigenvalue weighted by atomic mass is 9.95. The van der Waals surface area contributed by atoms with Gasteiger partial charge in [0.05, 0.1) is 14.2 Å². The average Bonchev–Trinajstić information content (AvgIpc) is 2.54. The molecule has 0 fully saturated rings. The summed E-state index contributed by atoms with van der Waals surface area (Å²) in [5, 5.41) is 2.92. The van der Waals surface area contributed by atoms with Crippen LogP contribution in [0.3, 0.4) is 0 Å². The fourth-order valence-electron chi connectivity index (χ4n) is 2.33. The van der Waals surface area contributed by atoms with E-state index < -0.39 is 0 Å². The molecule has 1 N–H and O–H groups in total. The maximum atomic E-state index is 12.2. The first kappa shape index (κ1) is 15.1. The van der Waals surface area contributed by atoms with Gasteiger partial charge in [-0.3, -0.25) is 4.79 Å². The van der Waals surface area contributed by atoms with Crippen LogP contribution < -0.4 is 10.1 Å². The van der Waals surface area contributed by atoms with E-state index in [0.717, 1.165) is 12.8 Å². The molecule has 1 unspecified atom stereocenters. The predicted molar refractivity (Wildman–Crippen MR) is 78.2 cm³/mol. The van der Waals surface area contributed by atoms with Gasteiger partial charge in [0, 0.05) is 17.2 Å². The molecule has 0 spiro atoms. The third-order valence-electron chi connectivity index (χ3n) is 3.48. The molecular formula is C16H19NO4. The topological polar surface area (TPSA) is 64.6 Å². The van der Waals surface area contributed by atoms with Crippen LogP contribution in [-0.4, -0.2) is 32.1 Å². The number of rotatable bonds is 4. The monoisotopic (exact) mass is 289 g/mol. The van der Waals surface area contributed by atoms with Gasteiger partial charge in [-0.25, -0.2) is 4.79 Å². The lowest BCUT2D eigenvalue weighted by Gasteiger charge is -2.21. The molecule has 0 saturated carbocycles. The zero-order chi connectivity index (χ0) is 15.2. The first-order chi connectivity index (χ1) is 10.1. The van der Waals surface area contributed by atoms with E-state index in [9.17, 15) is 9.59 Å². The summed E-state index contributed by atoms with van der Waals surface area (Å²) in [7, 11) is 2.94. The Kier molecular flexibility index (Phi) is 4.98. The summed E-state index contributed by atoms with van der Waals surface area (Å²) in [6, 6.07) is 6.77. The number of methoxy groups -OCH3 is 2. The number of nitrogens with one attached hydrogen (secondary N) is 1. The molecule has 0 aliphatic heterocycles. The van der Waals surface area contributed by atoms with Gasteiger partial charge in [-0.15, -0.1) is 0 Å². The molecule has 1 aliphatic rings. The largest absolute Gasteiger partial charge is 0.497 e. The van der Waals surface area contributed by atoms with Crippen molar-refractivity contribution in [3.8, 4) is 5.75 Å². The number of carbonyl (C=O) groups is 2. The Morgan fingerprint density at radius 2 is 1.90 bits per heavy atom. The molecule has 0 aromatic heterocycles. The Bertz CT molecular complexity index is 548. The van der Waals surface area contributed by atoms with Crippen molar-refractivity contribution in [2.24, 2.45) is 0 Å². The van der Waals surface area contributed by atoms with E-state index in [2.05, 4.69) is 5.32 Å². The molecule has 2 rings (SSSR count). The summed E-state index contributed by atoms with van der Waals surface area (Å²) in [6.07, 6.45) is 4.16. The van der Waals surface area contributed by atoms with Gasteiger partial charge in [-0.1, -0.05) is 6.08 Å². The maximum Gasteiger partial charge on any atom is 0.333 e. The van der Waals surface area contributed by atoms with Crippen LogP contribution in [0.5, 0.6) is 5.75 Å². The Labute approximate surface area is 123 Å². The molecule has 21 heavy (non-hydrogen) atoms. The Balaban J connectivity index is 2.03. The highest BCUT2D eigenvalue weighted by molar-refractivity contribution is 5.95. The molecule has 5 nitrogen and oxygen atoms in total. The second kappa shape index (κ2) is 6.92. The summed E-state index contributed by atoms with van der Waals surface area (Å²) < 4.78 is 9.78.